The number of fused-ring (bicyclic) bond motifs is 2. The van der Waals surface area contributed by atoms with Crippen LogP contribution in [-0.2, 0) is 11.2 Å². The van der Waals surface area contributed by atoms with Crippen LogP contribution >= 0.6 is 0 Å². The highest BCUT2D eigenvalue weighted by Crippen LogP contribution is 2.37. The molecular formula is C18H19N3O3. The minimum absolute atomic E-state index is 0.122. The van der Waals surface area contributed by atoms with Gasteiger partial charge in [-0.1, -0.05) is 18.2 Å². The summed E-state index contributed by atoms with van der Waals surface area (Å²) in [5, 5.41) is 16.8. The van der Waals surface area contributed by atoms with Crippen LogP contribution in [0, 0.1) is 0 Å². The van der Waals surface area contributed by atoms with E-state index >= 15 is 0 Å². The van der Waals surface area contributed by atoms with Gasteiger partial charge < -0.3 is 20.5 Å². The standard InChI is InChI=1S/C18H19N3O3/c22-16(8-11-4-3-7-19-10-11)20-13-9-15-17(18(13)23)21-12-5-1-2-6-14(12)24-15/h1-7,10,13,15,17-18,21,23H,8-9H2,(H,20,22)/t13-,15-,17-,18-/m1/s1. The maximum atomic E-state index is 12.2. The first-order valence-electron chi connectivity index (χ1n) is 8.09. The van der Waals surface area contributed by atoms with Crippen LogP contribution in [0.1, 0.15) is 12.0 Å². The lowest BCUT2D eigenvalue weighted by Crippen LogP contribution is -2.47. The van der Waals surface area contributed by atoms with E-state index in [0.29, 0.717) is 6.42 Å². The van der Waals surface area contributed by atoms with E-state index in [9.17, 15) is 9.90 Å². The van der Waals surface area contributed by atoms with Gasteiger partial charge in [-0.05, 0) is 23.8 Å². The van der Waals surface area contributed by atoms with Crippen molar-refractivity contribution in [1.29, 1.82) is 0 Å². The molecule has 0 bridgehead atoms. The van der Waals surface area contributed by atoms with Gasteiger partial charge in [0.2, 0.25) is 5.91 Å². The topological polar surface area (TPSA) is 83.5 Å². The van der Waals surface area contributed by atoms with Crippen LogP contribution in [0.4, 0.5) is 5.69 Å². The molecule has 0 radical (unpaired) electrons. The third kappa shape index (κ3) is 2.80. The summed E-state index contributed by atoms with van der Waals surface area (Å²) in [7, 11) is 0. The van der Waals surface area contributed by atoms with Crippen LogP contribution in [0.2, 0.25) is 0 Å². The average Bonchev–Trinajstić information content (AvgIpc) is 2.89. The summed E-state index contributed by atoms with van der Waals surface area (Å²) in [6.45, 7) is 0. The summed E-state index contributed by atoms with van der Waals surface area (Å²) in [5.74, 6) is 0.663. The first kappa shape index (κ1) is 15.0. The van der Waals surface area contributed by atoms with E-state index in [1.54, 1.807) is 18.5 Å². The van der Waals surface area contributed by atoms with E-state index < -0.39 is 6.10 Å². The number of benzene rings is 1. The molecule has 1 aliphatic heterocycles. The van der Waals surface area contributed by atoms with Gasteiger partial charge in [-0.15, -0.1) is 0 Å². The molecule has 4 atom stereocenters. The van der Waals surface area contributed by atoms with Crippen LogP contribution in [0.15, 0.2) is 48.8 Å². The van der Waals surface area contributed by atoms with Crippen molar-refractivity contribution < 1.29 is 14.6 Å². The fourth-order valence-electron chi connectivity index (χ4n) is 3.43. The second kappa shape index (κ2) is 6.13. The zero-order valence-corrected chi connectivity index (χ0v) is 13.1. The van der Waals surface area contributed by atoms with Gasteiger partial charge in [0.05, 0.1) is 30.3 Å². The number of anilines is 1. The van der Waals surface area contributed by atoms with Crippen molar-refractivity contribution in [3.8, 4) is 5.75 Å². The van der Waals surface area contributed by atoms with Gasteiger partial charge in [0.25, 0.3) is 0 Å². The van der Waals surface area contributed by atoms with Crippen molar-refractivity contribution in [2.24, 2.45) is 0 Å². The highest BCUT2D eigenvalue weighted by molar-refractivity contribution is 5.79. The molecule has 1 aromatic heterocycles. The normalized spacial score (nSPS) is 27.4. The molecule has 0 saturated heterocycles. The number of ether oxygens (including phenoxy) is 1. The van der Waals surface area contributed by atoms with Gasteiger partial charge in [0.15, 0.2) is 0 Å². The fourth-order valence-corrected chi connectivity index (χ4v) is 3.43. The molecule has 0 unspecified atom stereocenters. The van der Waals surface area contributed by atoms with E-state index in [1.807, 2.05) is 30.3 Å². The smallest absolute Gasteiger partial charge is 0.224 e. The van der Waals surface area contributed by atoms with Gasteiger partial charge in [-0.25, -0.2) is 0 Å². The first-order valence-corrected chi connectivity index (χ1v) is 8.09. The Morgan fingerprint density at radius 1 is 1.33 bits per heavy atom. The molecule has 1 saturated carbocycles. The summed E-state index contributed by atoms with van der Waals surface area (Å²) in [6.07, 6.45) is 3.33. The van der Waals surface area contributed by atoms with Gasteiger partial charge in [0, 0.05) is 18.8 Å². The molecule has 3 N–H and O–H groups in total. The lowest BCUT2D eigenvalue weighted by Gasteiger charge is -2.31. The number of aliphatic hydroxyl groups excluding tert-OH is 1. The molecule has 1 amide bonds. The number of amides is 1. The highest BCUT2D eigenvalue weighted by Gasteiger charge is 2.46. The maximum Gasteiger partial charge on any atom is 0.224 e. The number of rotatable bonds is 3. The summed E-state index contributed by atoms with van der Waals surface area (Å²) >= 11 is 0. The largest absolute Gasteiger partial charge is 0.486 e. The number of carbonyl (C=O) groups excluding carboxylic acids is 1. The predicted molar refractivity (Wildman–Crippen MR) is 88.8 cm³/mol. The second-order valence-electron chi connectivity index (χ2n) is 6.26. The maximum absolute atomic E-state index is 12.2. The number of pyridine rings is 1. The number of para-hydroxylation sites is 2. The number of hydrogen-bond acceptors (Lipinski definition) is 5. The number of hydrogen-bond donors (Lipinski definition) is 3. The van der Waals surface area contributed by atoms with Crippen molar-refractivity contribution in [3.63, 3.8) is 0 Å². The number of aromatic nitrogens is 1. The third-order valence-electron chi connectivity index (χ3n) is 4.59. The number of nitrogens with one attached hydrogen (secondary N) is 2. The van der Waals surface area contributed by atoms with E-state index in [1.165, 1.54) is 0 Å². The summed E-state index contributed by atoms with van der Waals surface area (Å²) < 4.78 is 5.97. The van der Waals surface area contributed by atoms with Gasteiger partial charge in [-0.2, -0.15) is 0 Å². The molecule has 1 aliphatic carbocycles. The Morgan fingerprint density at radius 3 is 3.04 bits per heavy atom. The second-order valence-corrected chi connectivity index (χ2v) is 6.26. The molecule has 6 heteroatoms. The Morgan fingerprint density at radius 2 is 2.21 bits per heavy atom. The van der Waals surface area contributed by atoms with E-state index in [4.69, 9.17) is 4.74 Å². The molecule has 2 heterocycles. The molecule has 1 fully saturated rings. The molecule has 2 aromatic rings. The lowest BCUT2D eigenvalue weighted by atomic mass is 10.1. The lowest BCUT2D eigenvalue weighted by molar-refractivity contribution is -0.121. The van der Waals surface area contributed by atoms with Crippen LogP contribution in [0.3, 0.4) is 0 Å². The van der Waals surface area contributed by atoms with Crippen molar-refractivity contribution in [3.05, 3.63) is 54.4 Å². The summed E-state index contributed by atoms with van der Waals surface area (Å²) in [4.78, 5) is 16.2. The molecular weight excluding hydrogens is 306 g/mol. The fraction of sp³-hybridized carbons (Fsp3) is 0.333. The molecule has 4 rings (SSSR count). The van der Waals surface area contributed by atoms with Gasteiger partial charge >= 0.3 is 0 Å². The number of aliphatic hydroxyl groups is 1. The van der Waals surface area contributed by atoms with E-state index in [0.717, 1.165) is 17.0 Å². The SMILES string of the molecule is O=C(Cc1cccnc1)N[C@@H]1C[C@H]2Oc3ccccc3N[C@H]2[C@@H]1O. The quantitative estimate of drug-likeness (QED) is 0.787. The van der Waals surface area contributed by atoms with E-state index in [2.05, 4.69) is 15.6 Å². The summed E-state index contributed by atoms with van der Waals surface area (Å²) in [5.41, 5.74) is 1.72. The zero-order valence-electron chi connectivity index (χ0n) is 13.1. The highest BCUT2D eigenvalue weighted by atomic mass is 16.5. The van der Waals surface area contributed by atoms with Gasteiger partial charge in [0.1, 0.15) is 11.9 Å². The van der Waals surface area contributed by atoms with Crippen LogP contribution in [0.5, 0.6) is 5.75 Å². The summed E-state index contributed by atoms with van der Waals surface area (Å²) in [6, 6.07) is 10.8. The number of carbonyl (C=O) groups is 1. The van der Waals surface area contributed by atoms with Crippen molar-refractivity contribution in [2.45, 2.75) is 37.1 Å². The van der Waals surface area contributed by atoms with Crippen LogP contribution < -0.4 is 15.4 Å². The Labute approximate surface area is 139 Å². The predicted octanol–water partition coefficient (Wildman–Crippen LogP) is 1.12. The Bertz CT molecular complexity index is 737. The van der Waals surface area contributed by atoms with Gasteiger partial charge in [-0.3, -0.25) is 9.78 Å². The minimum Gasteiger partial charge on any atom is -0.486 e. The molecule has 2 aliphatic rings. The Kier molecular flexibility index (Phi) is 3.82. The molecule has 124 valence electrons. The van der Waals surface area contributed by atoms with Crippen LogP contribution in [-0.4, -0.2) is 40.3 Å². The zero-order chi connectivity index (χ0) is 16.5. The molecule has 0 spiro atoms. The van der Waals surface area contributed by atoms with Crippen molar-refractivity contribution in [1.82, 2.24) is 10.3 Å². The monoisotopic (exact) mass is 325 g/mol. The number of nitrogens with zero attached hydrogens (tertiary/aromatic N) is 1. The molecule has 6 nitrogen and oxygen atoms in total. The molecule has 24 heavy (non-hydrogen) atoms. The van der Waals surface area contributed by atoms with Crippen molar-refractivity contribution in [2.75, 3.05) is 5.32 Å². The average molecular weight is 325 g/mol. The molecule has 1 aromatic carbocycles. The Balaban J connectivity index is 1.41. The van der Waals surface area contributed by atoms with E-state index in [-0.39, 0.29) is 30.5 Å². The minimum atomic E-state index is -0.693. The first-order chi connectivity index (χ1) is 11.7. The van der Waals surface area contributed by atoms with Crippen molar-refractivity contribution >= 4 is 11.6 Å². The van der Waals surface area contributed by atoms with Crippen LogP contribution in [0.25, 0.3) is 0 Å². The third-order valence-corrected chi connectivity index (χ3v) is 4.59. The Hall–Kier alpha value is -2.60.